The molecule has 0 spiro atoms. The highest BCUT2D eigenvalue weighted by Crippen LogP contribution is 2.35. The fourth-order valence-corrected chi connectivity index (χ4v) is 3.80. The van der Waals surface area contributed by atoms with Gasteiger partial charge in [0, 0.05) is 12.1 Å². The van der Waals surface area contributed by atoms with Gasteiger partial charge in [-0.25, -0.2) is 14.2 Å². The molecule has 144 valence electrons. The van der Waals surface area contributed by atoms with Crippen molar-refractivity contribution in [1.82, 2.24) is 9.55 Å². The van der Waals surface area contributed by atoms with Crippen LogP contribution in [0.2, 0.25) is 5.02 Å². The minimum absolute atomic E-state index is 0.0170. The quantitative estimate of drug-likeness (QED) is 0.732. The summed E-state index contributed by atoms with van der Waals surface area (Å²) in [6, 6.07) is 2.76. The van der Waals surface area contributed by atoms with E-state index in [-0.39, 0.29) is 27.9 Å². The summed E-state index contributed by atoms with van der Waals surface area (Å²) >= 11 is 5.93. The van der Waals surface area contributed by atoms with E-state index >= 15 is 0 Å². The van der Waals surface area contributed by atoms with E-state index in [9.17, 15) is 24.2 Å². The largest absolute Gasteiger partial charge is 0.481 e. The second-order valence-electron chi connectivity index (χ2n) is 6.79. The SMILES string of the molecule is O=C(O)Cc1ccc(Cl)c(F)c1-n1cc(C(=O)O)nc1C1CCCCCC1. The number of rotatable bonds is 5. The van der Waals surface area contributed by atoms with Crippen molar-refractivity contribution in [2.75, 3.05) is 0 Å². The van der Waals surface area contributed by atoms with Crippen LogP contribution in [0.3, 0.4) is 0 Å². The molecule has 8 heteroatoms. The second kappa shape index (κ2) is 8.08. The number of hydrogen-bond acceptors (Lipinski definition) is 3. The first-order chi connectivity index (χ1) is 12.9. The molecule has 1 fully saturated rings. The maximum atomic E-state index is 14.9. The van der Waals surface area contributed by atoms with Gasteiger partial charge in [-0.3, -0.25) is 9.36 Å². The number of hydrogen-bond donors (Lipinski definition) is 2. The number of nitrogens with zero attached hydrogens (tertiary/aromatic N) is 2. The average molecular weight is 395 g/mol. The summed E-state index contributed by atoms with van der Waals surface area (Å²) in [5, 5.41) is 18.4. The van der Waals surface area contributed by atoms with Crippen LogP contribution >= 0.6 is 11.6 Å². The molecule has 1 aliphatic carbocycles. The summed E-state index contributed by atoms with van der Waals surface area (Å²) in [5.41, 5.74) is -0.0207. The Morgan fingerprint density at radius 3 is 2.44 bits per heavy atom. The van der Waals surface area contributed by atoms with Gasteiger partial charge in [-0.1, -0.05) is 43.4 Å². The zero-order valence-corrected chi connectivity index (χ0v) is 15.4. The Morgan fingerprint density at radius 2 is 1.85 bits per heavy atom. The van der Waals surface area contributed by atoms with Crippen LogP contribution < -0.4 is 0 Å². The van der Waals surface area contributed by atoms with E-state index in [1.807, 2.05) is 0 Å². The predicted octanol–water partition coefficient (Wildman–Crippen LogP) is 4.43. The third kappa shape index (κ3) is 4.13. The first-order valence-corrected chi connectivity index (χ1v) is 9.28. The molecule has 0 atom stereocenters. The molecule has 3 rings (SSSR count). The molecule has 2 aromatic rings. The van der Waals surface area contributed by atoms with Gasteiger partial charge in [-0.15, -0.1) is 0 Å². The van der Waals surface area contributed by atoms with Gasteiger partial charge in [0.15, 0.2) is 11.5 Å². The summed E-state index contributed by atoms with van der Waals surface area (Å²) in [5.74, 6) is -2.68. The molecule has 0 unspecified atom stereocenters. The number of aliphatic carboxylic acids is 1. The van der Waals surface area contributed by atoms with Crippen molar-refractivity contribution >= 4 is 23.5 Å². The van der Waals surface area contributed by atoms with Crippen LogP contribution in [0.25, 0.3) is 5.69 Å². The van der Waals surface area contributed by atoms with Gasteiger partial charge < -0.3 is 10.2 Å². The third-order valence-corrected chi connectivity index (χ3v) is 5.20. The standard InChI is InChI=1S/C19H20ClFN2O4/c20-13-8-7-12(9-15(24)25)17(16(13)21)23-10-14(19(26)27)22-18(23)11-5-3-1-2-4-6-11/h7-8,10-11H,1-6,9H2,(H,24,25)(H,26,27). The van der Waals surface area contributed by atoms with E-state index in [0.717, 1.165) is 38.5 Å². The zero-order chi connectivity index (χ0) is 19.6. The zero-order valence-electron chi connectivity index (χ0n) is 14.6. The first kappa shape index (κ1) is 19.4. The molecule has 0 bridgehead atoms. The molecule has 2 N–H and O–H groups in total. The highest BCUT2D eigenvalue weighted by atomic mass is 35.5. The number of imidazole rings is 1. The Balaban J connectivity index is 2.19. The average Bonchev–Trinajstić information content (AvgIpc) is 2.86. The topological polar surface area (TPSA) is 92.4 Å². The summed E-state index contributed by atoms with van der Waals surface area (Å²) in [4.78, 5) is 26.9. The van der Waals surface area contributed by atoms with Gasteiger partial charge in [-0.2, -0.15) is 0 Å². The molecule has 27 heavy (non-hydrogen) atoms. The molecule has 1 aliphatic rings. The smallest absolute Gasteiger partial charge is 0.356 e. The second-order valence-corrected chi connectivity index (χ2v) is 7.19. The summed E-state index contributed by atoms with van der Waals surface area (Å²) in [7, 11) is 0. The maximum Gasteiger partial charge on any atom is 0.356 e. The van der Waals surface area contributed by atoms with E-state index < -0.39 is 24.2 Å². The molecule has 1 saturated carbocycles. The molecule has 0 radical (unpaired) electrons. The molecule has 0 amide bonds. The van der Waals surface area contributed by atoms with Crippen LogP contribution in [-0.2, 0) is 11.2 Å². The van der Waals surface area contributed by atoms with Crippen molar-refractivity contribution in [3.63, 3.8) is 0 Å². The van der Waals surface area contributed by atoms with Crippen LogP contribution in [0, 0.1) is 5.82 Å². The summed E-state index contributed by atoms with van der Waals surface area (Å²) < 4.78 is 16.3. The van der Waals surface area contributed by atoms with Crippen molar-refractivity contribution in [2.24, 2.45) is 0 Å². The van der Waals surface area contributed by atoms with Gasteiger partial charge in [0.25, 0.3) is 0 Å². The molecule has 0 saturated heterocycles. The highest BCUT2D eigenvalue weighted by Gasteiger charge is 2.26. The molecular weight excluding hydrogens is 375 g/mol. The Bertz CT molecular complexity index is 873. The Hall–Kier alpha value is -2.41. The van der Waals surface area contributed by atoms with Crippen LogP contribution in [0.4, 0.5) is 4.39 Å². The lowest BCUT2D eigenvalue weighted by Crippen LogP contribution is -2.13. The van der Waals surface area contributed by atoms with Crippen molar-refractivity contribution in [1.29, 1.82) is 0 Å². The third-order valence-electron chi connectivity index (χ3n) is 4.91. The van der Waals surface area contributed by atoms with Crippen molar-refractivity contribution in [2.45, 2.75) is 50.9 Å². The first-order valence-electron chi connectivity index (χ1n) is 8.90. The van der Waals surface area contributed by atoms with Crippen molar-refractivity contribution < 1.29 is 24.2 Å². The van der Waals surface area contributed by atoms with E-state index in [1.165, 1.54) is 22.9 Å². The van der Waals surface area contributed by atoms with E-state index in [0.29, 0.717) is 5.82 Å². The molecular formula is C19H20ClFN2O4. The number of carbonyl (C=O) groups is 2. The lowest BCUT2D eigenvalue weighted by Gasteiger charge is -2.19. The van der Waals surface area contributed by atoms with Crippen LogP contribution in [-0.4, -0.2) is 31.7 Å². The minimum Gasteiger partial charge on any atom is -0.481 e. The van der Waals surface area contributed by atoms with Crippen LogP contribution in [0.15, 0.2) is 18.3 Å². The van der Waals surface area contributed by atoms with Crippen LogP contribution in [0.5, 0.6) is 0 Å². The maximum absolute atomic E-state index is 14.9. The monoisotopic (exact) mass is 394 g/mol. The van der Waals surface area contributed by atoms with Gasteiger partial charge in [0.1, 0.15) is 5.82 Å². The van der Waals surface area contributed by atoms with Crippen molar-refractivity contribution in [3.8, 4) is 5.69 Å². The number of halogens is 2. The van der Waals surface area contributed by atoms with Gasteiger partial charge in [0.2, 0.25) is 0 Å². The van der Waals surface area contributed by atoms with Gasteiger partial charge >= 0.3 is 11.9 Å². The Labute approximate surface area is 160 Å². The fraction of sp³-hybridized carbons (Fsp3) is 0.421. The number of aromatic nitrogens is 2. The normalized spacial score (nSPS) is 15.5. The van der Waals surface area contributed by atoms with E-state index in [2.05, 4.69) is 4.98 Å². The summed E-state index contributed by atoms with van der Waals surface area (Å²) in [6.45, 7) is 0. The fourth-order valence-electron chi connectivity index (χ4n) is 3.65. The Kier molecular flexibility index (Phi) is 5.79. The number of aromatic carboxylic acids is 1. The van der Waals surface area contributed by atoms with Gasteiger partial charge in [-0.05, 0) is 24.5 Å². The predicted molar refractivity (Wildman–Crippen MR) is 97.3 cm³/mol. The lowest BCUT2D eigenvalue weighted by atomic mass is 9.99. The number of benzene rings is 1. The summed E-state index contributed by atoms with van der Waals surface area (Å²) in [6.07, 6.45) is 6.66. The van der Waals surface area contributed by atoms with E-state index in [1.54, 1.807) is 0 Å². The molecule has 1 heterocycles. The molecule has 0 aliphatic heterocycles. The minimum atomic E-state index is -1.22. The lowest BCUT2D eigenvalue weighted by molar-refractivity contribution is -0.136. The number of carboxylic acid groups (broad SMARTS) is 2. The van der Waals surface area contributed by atoms with E-state index in [4.69, 9.17) is 11.6 Å². The van der Waals surface area contributed by atoms with Crippen molar-refractivity contribution in [3.05, 3.63) is 46.3 Å². The highest BCUT2D eigenvalue weighted by molar-refractivity contribution is 6.31. The van der Waals surface area contributed by atoms with Gasteiger partial charge in [0.05, 0.1) is 17.1 Å². The molecule has 1 aromatic heterocycles. The number of carboxylic acids is 2. The van der Waals surface area contributed by atoms with Crippen LogP contribution in [0.1, 0.15) is 66.3 Å². The molecule has 6 nitrogen and oxygen atoms in total. The Morgan fingerprint density at radius 1 is 1.19 bits per heavy atom. The molecule has 1 aromatic carbocycles.